The van der Waals surface area contributed by atoms with Gasteiger partial charge in [0.2, 0.25) is 0 Å². The molecule has 2 atom stereocenters. The average Bonchev–Trinajstić information content (AvgIpc) is 3.38. The molecular weight excluding hydrogens is 465 g/mol. The lowest BCUT2D eigenvalue weighted by Gasteiger charge is -2.33. The summed E-state index contributed by atoms with van der Waals surface area (Å²) in [6.45, 7) is 7.77. The molecule has 4 rings (SSSR count). The minimum atomic E-state index is -4.45. The van der Waals surface area contributed by atoms with Crippen molar-refractivity contribution < 1.29 is 17.9 Å². The summed E-state index contributed by atoms with van der Waals surface area (Å²) in [7, 11) is 0. The van der Waals surface area contributed by atoms with E-state index in [1.54, 1.807) is 10.6 Å². The summed E-state index contributed by atoms with van der Waals surface area (Å²) in [6.07, 6.45) is -3.90. The van der Waals surface area contributed by atoms with Crippen molar-refractivity contribution in [3.8, 4) is 11.5 Å². The summed E-state index contributed by atoms with van der Waals surface area (Å²) in [5.74, 6) is 1.06. The minimum absolute atomic E-state index is 0.153. The molecule has 1 aliphatic rings. The largest absolute Gasteiger partial charge is 0.410 e. The standard InChI is InChI=1S/C23H29F3N6OS/c1-4-33-11-5-10-31-21(28-29-22(31)34)18-13-20-27-17(12-19(23(24,25)26)32(20)30-18)16-8-6-15(7-9-16)14(2)3/h6-9,13-14,17,19,27H,4-5,10-12H2,1-3H3,(H,29,34)/t17-,19-/m1/s1. The van der Waals surface area contributed by atoms with Crippen LogP contribution in [0.4, 0.5) is 19.0 Å². The molecule has 34 heavy (non-hydrogen) atoms. The number of aromatic nitrogens is 5. The van der Waals surface area contributed by atoms with Crippen molar-refractivity contribution in [2.75, 3.05) is 18.5 Å². The number of hydrogen-bond acceptors (Lipinski definition) is 5. The minimum Gasteiger partial charge on any atom is -0.382 e. The van der Waals surface area contributed by atoms with E-state index in [1.165, 1.54) is 0 Å². The first-order valence-electron chi connectivity index (χ1n) is 11.4. The molecule has 0 unspecified atom stereocenters. The van der Waals surface area contributed by atoms with Crippen LogP contribution in [-0.4, -0.2) is 43.9 Å². The number of halogens is 3. The van der Waals surface area contributed by atoms with Crippen LogP contribution >= 0.6 is 12.2 Å². The van der Waals surface area contributed by atoms with Gasteiger partial charge in [-0.15, -0.1) is 0 Å². The molecule has 0 amide bonds. The number of H-pyrrole nitrogens is 1. The van der Waals surface area contributed by atoms with Crippen LogP contribution in [0.2, 0.25) is 0 Å². The Morgan fingerprint density at radius 2 is 1.97 bits per heavy atom. The van der Waals surface area contributed by atoms with Crippen molar-refractivity contribution >= 4 is 18.0 Å². The molecule has 3 aromatic rings. The normalized spacial score (nSPS) is 18.2. The number of rotatable bonds is 8. The molecule has 1 aliphatic heterocycles. The van der Waals surface area contributed by atoms with Gasteiger partial charge < -0.3 is 10.1 Å². The average molecular weight is 495 g/mol. The molecule has 7 nitrogen and oxygen atoms in total. The van der Waals surface area contributed by atoms with Crippen LogP contribution in [0.5, 0.6) is 0 Å². The molecule has 11 heteroatoms. The van der Waals surface area contributed by atoms with Gasteiger partial charge in [0.25, 0.3) is 0 Å². The van der Waals surface area contributed by atoms with Crippen molar-refractivity contribution in [3.63, 3.8) is 0 Å². The highest BCUT2D eigenvalue weighted by Gasteiger charge is 2.46. The summed E-state index contributed by atoms with van der Waals surface area (Å²) >= 11 is 5.33. The lowest BCUT2D eigenvalue weighted by Crippen LogP contribution is -2.35. The highest BCUT2D eigenvalue weighted by molar-refractivity contribution is 7.71. The second kappa shape index (κ2) is 9.91. The van der Waals surface area contributed by atoms with Crippen molar-refractivity contribution in [2.45, 2.75) is 64.3 Å². The van der Waals surface area contributed by atoms with Gasteiger partial charge >= 0.3 is 6.18 Å². The molecule has 0 saturated heterocycles. The van der Waals surface area contributed by atoms with Crippen LogP contribution in [0, 0.1) is 4.77 Å². The molecular formula is C23H29F3N6OS. The first-order valence-corrected chi connectivity index (χ1v) is 11.9. The molecule has 0 bridgehead atoms. The molecule has 2 N–H and O–H groups in total. The SMILES string of the molecule is CCOCCCn1c(-c2cc3n(n2)[C@@H](C(F)(F)F)C[C@H](c2ccc(C(C)C)cc2)N3)n[nH]c1=S. The zero-order chi connectivity index (χ0) is 24.5. The van der Waals surface area contributed by atoms with Gasteiger partial charge in [0.05, 0.1) is 6.04 Å². The third-order valence-electron chi connectivity index (χ3n) is 6.06. The van der Waals surface area contributed by atoms with E-state index in [4.69, 9.17) is 17.0 Å². The van der Waals surface area contributed by atoms with Crippen LogP contribution in [0.25, 0.3) is 11.5 Å². The van der Waals surface area contributed by atoms with Crippen molar-refractivity contribution in [2.24, 2.45) is 0 Å². The number of hydrogen-bond donors (Lipinski definition) is 2. The van der Waals surface area contributed by atoms with Crippen LogP contribution in [0.1, 0.15) is 62.7 Å². The number of anilines is 1. The third kappa shape index (κ3) is 5.05. The number of nitrogens with one attached hydrogen (secondary N) is 2. The maximum absolute atomic E-state index is 14.1. The monoisotopic (exact) mass is 494 g/mol. The Hall–Kier alpha value is -2.66. The molecule has 184 valence electrons. The second-order valence-corrected chi connectivity index (χ2v) is 9.11. The predicted molar refractivity (Wildman–Crippen MR) is 126 cm³/mol. The molecule has 3 heterocycles. The third-order valence-corrected chi connectivity index (χ3v) is 6.37. The van der Waals surface area contributed by atoms with Gasteiger partial charge in [0, 0.05) is 32.2 Å². The molecule has 1 aromatic carbocycles. The van der Waals surface area contributed by atoms with Gasteiger partial charge in [-0.1, -0.05) is 38.1 Å². The zero-order valence-electron chi connectivity index (χ0n) is 19.4. The van der Waals surface area contributed by atoms with E-state index in [2.05, 4.69) is 34.5 Å². The summed E-state index contributed by atoms with van der Waals surface area (Å²) in [6, 6.07) is 7.12. The molecule has 0 saturated carbocycles. The number of aromatic amines is 1. The van der Waals surface area contributed by atoms with Crippen molar-refractivity contribution in [1.29, 1.82) is 0 Å². The van der Waals surface area contributed by atoms with E-state index < -0.39 is 18.3 Å². The van der Waals surface area contributed by atoms with Gasteiger partial charge in [-0.2, -0.15) is 23.4 Å². The summed E-state index contributed by atoms with van der Waals surface area (Å²) in [5.41, 5.74) is 2.29. The van der Waals surface area contributed by atoms with Gasteiger partial charge in [-0.25, -0.2) is 4.68 Å². The Morgan fingerprint density at radius 1 is 1.24 bits per heavy atom. The van der Waals surface area contributed by atoms with Crippen molar-refractivity contribution in [3.05, 3.63) is 46.2 Å². The van der Waals surface area contributed by atoms with Crippen LogP contribution < -0.4 is 5.32 Å². The number of alkyl halides is 3. The molecule has 0 aliphatic carbocycles. The lowest BCUT2D eigenvalue weighted by molar-refractivity contribution is -0.173. The van der Waals surface area contributed by atoms with E-state index in [1.807, 2.05) is 31.2 Å². The first-order chi connectivity index (χ1) is 16.2. The second-order valence-electron chi connectivity index (χ2n) is 8.73. The smallest absolute Gasteiger partial charge is 0.382 e. The summed E-state index contributed by atoms with van der Waals surface area (Å²) < 4.78 is 50.7. The Morgan fingerprint density at radius 3 is 2.62 bits per heavy atom. The van der Waals surface area contributed by atoms with Gasteiger partial charge in [-0.3, -0.25) is 9.67 Å². The Bertz CT molecular complexity index is 1160. The number of benzene rings is 1. The fourth-order valence-electron chi connectivity index (χ4n) is 4.20. The van der Waals surface area contributed by atoms with Gasteiger partial charge in [0.15, 0.2) is 16.6 Å². The first kappa shape index (κ1) is 24.5. The van der Waals surface area contributed by atoms with E-state index in [9.17, 15) is 13.2 Å². The fraction of sp³-hybridized carbons (Fsp3) is 0.522. The summed E-state index contributed by atoms with van der Waals surface area (Å²) in [4.78, 5) is 0. The van der Waals surface area contributed by atoms with Gasteiger partial charge in [0.1, 0.15) is 11.5 Å². The van der Waals surface area contributed by atoms with Crippen LogP contribution in [0.15, 0.2) is 30.3 Å². The molecule has 0 spiro atoms. The van der Waals surface area contributed by atoms with E-state index in [0.717, 1.165) is 15.8 Å². The Labute approximate surface area is 201 Å². The fourth-order valence-corrected chi connectivity index (χ4v) is 4.43. The highest BCUT2D eigenvalue weighted by Crippen LogP contribution is 2.44. The summed E-state index contributed by atoms with van der Waals surface area (Å²) in [5, 5.41) is 14.5. The van der Waals surface area contributed by atoms with E-state index in [0.29, 0.717) is 54.2 Å². The van der Waals surface area contributed by atoms with Crippen LogP contribution in [0.3, 0.4) is 0 Å². The highest BCUT2D eigenvalue weighted by atomic mass is 32.1. The maximum atomic E-state index is 14.1. The quantitative estimate of drug-likeness (QED) is 0.296. The van der Waals surface area contributed by atoms with Crippen LogP contribution in [-0.2, 0) is 11.3 Å². The van der Waals surface area contributed by atoms with Gasteiger partial charge in [-0.05, 0) is 42.6 Å². The lowest BCUT2D eigenvalue weighted by atomic mass is 9.94. The molecule has 0 radical (unpaired) electrons. The Balaban J connectivity index is 1.65. The van der Waals surface area contributed by atoms with E-state index >= 15 is 0 Å². The number of ether oxygens (including phenoxy) is 1. The maximum Gasteiger partial charge on any atom is 0.410 e. The predicted octanol–water partition coefficient (Wildman–Crippen LogP) is 6.01. The topological polar surface area (TPSA) is 72.7 Å². The molecule has 2 aromatic heterocycles. The van der Waals surface area contributed by atoms with E-state index in [-0.39, 0.29) is 6.42 Å². The van der Waals surface area contributed by atoms with Crippen molar-refractivity contribution in [1.82, 2.24) is 24.5 Å². The Kier molecular flexibility index (Phi) is 7.13. The molecule has 0 fully saturated rings. The number of nitrogens with zero attached hydrogens (tertiary/aromatic N) is 4. The number of fused-ring (bicyclic) bond motifs is 1. The zero-order valence-corrected chi connectivity index (χ0v) is 20.2.